The maximum Gasteiger partial charge on any atom is 0.266 e. The number of aryl methyl sites for hydroxylation is 1. The second-order valence-electron chi connectivity index (χ2n) is 7.25. The number of anilines is 1. The summed E-state index contributed by atoms with van der Waals surface area (Å²) in [5, 5.41) is 12.3. The number of methoxy groups -OCH3 is 1. The molecule has 3 aromatic rings. The molecule has 0 spiro atoms. The van der Waals surface area contributed by atoms with Crippen LogP contribution in [0, 0.1) is 31.0 Å². The Morgan fingerprint density at radius 2 is 1.90 bits per heavy atom. The number of carbonyl (C=O) groups excluding carboxylic acids is 1. The fraction of sp³-hybridized carbons (Fsp3) is 0.154. The first-order valence-electron chi connectivity index (χ1n) is 9.82. The van der Waals surface area contributed by atoms with Crippen LogP contribution in [0.2, 0.25) is 0 Å². The normalized spacial score (nSPS) is 11.0. The van der Waals surface area contributed by atoms with Crippen LogP contribution in [0.1, 0.15) is 27.8 Å². The van der Waals surface area contributed by atoms with Gasteiger partial charge in [-0.25, -0.2) is 4.39 Å². The molecule has 0 aliphatic carbocycles. The number of carbonyl (C=O) groups is 1. The van der Waals surface area contributed by atoms with Crippen molar-refractivity contribution >= 4 is 17.7 Å². The number of nitriles is 1. The average Bonchev–Trinajstić information content (AvgIpc) is 2.76. The molecule has 0 bridgehead atoms. The highest BCUT2D eigenvalue weighted by molar-refractivity contribution is 6.10. The zero-order valence-electron chi connectivity index (χ0n) is 17.7. The molecule has 156 valence electrons. The minimum Gasteiger partial charge on any atom is -0.496 e. The lowest BCUT2D eigenvalue weighted by Gasteiger charge is -2.11. The summed E-state index contributed by atoms with van der Waals surface area (Å²) in [4.78, 5) is 12.6. The average molecular weight is 414 g/mol. The van der Waals surface area contributed by atoms with E-state index in [1.54, 1.807) is 31.4 Å². The number of nitrogens with zero attached hydrogens (tertiary/aromatic N) is 1. The predicted molar refractivity (Wildman–Crippen MR) is 120 cm³/mol. The van der Waals surface area contributed by atoms with Gasteiger partial charge in [-0.3, -0.25) is 4.79 Å². The first-order valence-corrected chi connectivity index (χ1v) is 9.82. The van der Waals surface area contributed by atoms with E-state index in [0.29, 0.717) is 23.4 Å². The van der Waals surface area contributed by atoms with Gasteiger partial charge in [-0.2, -0.15) is 5.26 Å². The lowest BCUT2D eigenvalue weighted by molar-refractivity contribution is -0.112. The van der Waals surface area contributed by atoms with Crippen LogP contribution < -0.4 is 10.1 Å². The molecule has 0 aromatic heterocycles. The van der Waals surface area contributed by atoms with Crippen LogP contribution in [0.15, 0.2) is 66.2 Å². The Morgan fingerprint density at radius 3 is 2.61 bits per heavy atom. The Morgan fingerprint density at radius 1 is 1.13 bits per heavy atom. The van der Waals surface area contributed by atoms with Crippen LogP contribution in [0.5, 0.6) is 5.75 Å². The maximum atomic E-state index is 13.5. The Hall–Kier alpha value is -3.91. The van der Waals surface area contributed by atoms with Gasteiger partial charge in [-0.1, -0.05) is 36.4 Å². The maximum absolute atomic E-state index is 13.5. The number of hydrogen-bond donors (Lipinski definition) is 1. The van der Waals surface area contributed by atoms with Crippen LogP contribution >= 0.6 is 0 Å². The molecule has 3 aromatic carbocycles. The van der Waals surface area contributed by atoms with Crippen molar-refractivity contribution in [2.75, 3.05) is 12.4 Å². The molecule has 0 saturated heterocycles. The summed E-state index contributed by atoms with van der Waals surface area (Å²) in [5.74, 6) is -0.159. The molecule has 0 aliphatic heterocycles. The Kier molecular flexibility index (Phi) is 6.84. The fourth-order valence-corrected chi connectivity index (χ4v) is 3.26. The van der Waals surface area contributed by atoms with Gasteiger partial charge >= 0.3 is 0 Å². The van der Waals surface area contributed by atoms with Crippen molar-refractivity contribution in [1.29, 1.82) is 5.26 Å². The third kappa shape index (κ3) is 5.37. The van der Waals surface area contributed by atoms with Gasteiger partial charge in [-0.05, 0) is 72.0 Å². The molecule has 31 heavy (non-hydrogen) atoms. The summed E-state index contributed by atoms with van der Waals surface area (Å²) in [7, 11) is 1.55. The van der Waals surface area contributed by atoms with E-state index in [-0.39, 0.29) is 11.4 Å². The van der Waals surface area contributed by atoms with E-state index in [2.05, 4.69) is 5.32 Å². The van der Waals surface area contributed by atoms with E-state index >= 15 is 0 Å². The summed E-state index contributed by atoms with van der Waals surface area (Å²) >= 11 is 0. The number of ether oxygens (including phenoxy) is 1. The van der Waals surface area contributed by atoms with Crippen LogP contribution in [-0.4, -0.2) is 13.0 Å². The van der Waals surface area contributed by atoms with Gasteiger partial charge in [0.25, 0.3) is 5.91 Å². The van der Waals surface area contributed by atoms with Crippen LogP contribution in [0.25, 0.3) is 6.08 Å². The summed E-state index contributed by atoms with van der Waals surface area (Å²) in [5.41, 5.74) is 5.04. The molecule has 0 unspecified atom stereocenters. The highest BCUT2D eigenvalue weighted by Gasteiger charge is 2.13. The van der Waals surface area contributed by atoms with Gasteiger partial charge in [0.05, 0.1) is 7.11 Å². The van der Waals surface area contributed by atoms with Crippen LogP contribution in [-0.2, 0) is 11.2 Å². The quantitative estimate of drug-likeness (QED) is 0.423. The molecule has 0 heterocycles. The smallest absolute Gasteiger partial charge is 0.266 e. The van der Waals surface area contributed by atoms with Crippen molar-refractivity contribution in [3.05, 3.63) is 99.9 Å². The van der Waals surface area contributed by atoms with Crippen molar-refractivity contribution < 1.29 is 13.9 Å². The van der Waals surface area contributed by atoms with Crippen molar-refractivity contribution in [2.24, 2.45) is 0 Å². The van der Waals surface area contributed by atoms with Gasteiger partial charge in [0.1, 0.15) is 23.2 Å². The minimum atomic E-state index is -0.473. The SMILES string of the molecule is COc1cc(/C=C(\C#N)C(=O)Nc2cccc(C)c2C)ccc1Cc1cccc(F)c1. The Labute approximate surface area is 181 Å². The zero-order chi connectivity index (χ0) is 22.4. The van der Waals surface area contributed by atoms with Crippen LogP contribution in [0.4, 0.5) is 10.1 Å². The summed E-state index contributed by atoms with van der Waals surface area (Å²) < 4.78 is 19.0. The van der Waals surface area contributed by atoms with Gasteiger partial charge in [0.2, 0.25) is 0 Å². The lowest BCUT2D eigenvalue weighted by Crippen LogP contribution is -2.14. The molecule has 5 heteroatoms. The summed E-state index contributed by atoms with van der Waals surface area (Å²) in [6, 6.07) is 19.4. The lowest BCUT2D eigenvalue weighted by atomic mass is 10.0. The van der Waals surface area contributed by atoms with Gasteiger partial charge in [-0.15, -0.1) is 0 Å². The van der Waals surface area contributed by atoms with Crippen molar-refractivity contribution in [2.45, 2.75) is 20.3 Å². The van der Waals surface area contributed by atoms with Gasteiger partial charge in [0, 0.05) is 12.1 Å². The Balaban J connectivity index is 1.84. The highest BCUT2D eigenvalue weighted by Crippen LogP contribution is 2.25. The van der Waals surface area contributed by atoms with Gasteiger partial charge in [0.15, 0.2) is 0 Å². The fourth-order valence-electron chi connectivity index (χ4n) is 3.26. The zero-order valence-corrected chi connectivity index (χ0v) is 17.7. The molecule has 1 N–H and O–H groups in total. The molecule has 4 nitrogen and oxygen atoms in total. The Bertz CT molecular complexity index is 1190. The van der Waals surface area contributed by atoms with Crippen LogP contribution in [0.3, 0.4) is 0 Å². The van der Waals surface area contributed by atoms with E-state index in [4.69, 9.17) is 4.74 Å². The molecule has 3 rings (SSSR count). The highest BCUT2D eigenvalue weighted by atomic mass is 19.1. The van der Waals surface area contributed by atoms with Crippen molar-refractivity contribution in [3.8, 4) is 11.8 Å². The number of rotatable bonds is 6. The van der Waals surface area contributed by atoms with E-state index in [1.807, 2.05) is 44.2 Å². The molecule has 0 radical (unpaired) electrons. The standard InChI is InChI=1S/C26H23FN2O2/c1-17-6-4-9-24(18(17)2)29-26(30)22(16-28)13-20-10-11-21(25(15-20)31-3)12-19-7-5-8-23(27)14-19/h4-11,13-15H,12H2,1-3H3,(H,29,30)/b22-13+. The number of hydrogen-bond acceptors (Lipinski definition) is 3. The first-order chi connectivity index (χ1) is 14.9. The topological polar surface area (TPSA) is 62.1 Å². The van der Waals surface area contributed by atoms with Crippen molar-refractivity contribution in [3.63, 3.8) is 0 Å². The number of halogens is 1. The number of benzene rings is 3. The monoisotopic (exact) mass is 414 g/mol. The molecular formula is C26H23FN2O2. The van der Waals surface area contributed by atoms with Gasteiger partial charge < -0.3 is 10.1 Å². The van der Waals surface area contributed by atoms with E-state index in [9.17, 15) is 14.4 Å². The molecule has 0 saturated carbocycles. The second kappa shape index (κ2) is 9.73. The first kappa shape index (κ1) is 21.8. The predicted octanol–water partition coefficient (Wildman–Crippen LogP) is 5.59. The largest absolute Gasteiger partial charge is 0.496 e. The van der Waals surface area contributed by atoms with Crippen molar-refractivity contribution in [1.82, 2.24) is 0 Å². The summed E-state index contributed by atoms with van der Waals surface area (Å²) in [6.45, 7) is 3.88. The van der Waals surface area contributed by atoms with E-state index in [0.717, 1.165) is 22.3 Å². The minimum absolute atomic E-state index is 0.0131. The van der Waals surface area contributed by atoms with E-state index < -0.39 is 5.91 Å². The molecule has 1 amide bonds. The second-order valence-corrected chi connectivity index (χ2v) is 7.25. The summed E-state index contributed by atoms with van der Waals surface area (Å²) in [6.07, 6.45) is 2.03. The molecule has 0 aliphatic rings. The van der Waals surface area contributed by atoms with E-state index in [1.165, 1.54) is 18.2 Å². The third-order valence-electron chi connectivity index (χ3n) is 5.12. The number of nitrogens with one attached hydrogen (secondary N) is 1. The molecular weight excluding hydrogens is 391 g/mol. The number of amides is 1. The molecule has 0 fully saturated rings. The third-order valence-corrected chi connectivity index (χ3v) is 5.12. The molecule has 0 atom stereocenters.